The Morgan fingerprint density at radius 3 is 2.71 bits per heavy atom. The number of hydrogen-bond donors (Lipinski definition) is 2. The van der Waals surface area contributed by atoms with E-state index < -0.39 is 0 Å². The highest BCUT2D eigenvalue weighted by atomic mass is 35.5. The molecular formula is C13H21ClN2O. The summed E-state index contributed by atoms with van der Waals surface area (Å²) in [6, 6.07) is 5.54. The van der Waals surface area contributed by atoms with Crippen LogP contribution in [0.1, 0.15) is 26.7 Å². The van der Waals surface area contributed by atoms with Gasteiger partial charge in [-0.25, -0.2) is 0 Å². The van der Waals surface area contributed by atoms with E-state index >= 15 is 0 Å². The summed E-state index contributed by atoms with van der Waals surface area (Å²) in [4.78, 5) is 0. The van der Waals surface area contributed by atoms with Gasteiger partial charge in [-0.1, -0.05) is 11.6 Å². The number of ether oxygens (including phenoxy) is 1. The van der Waals surface area contributed by atoms with Crippen molar-refractivity contribution in [1.29, 1.82) is 0 Å². The van der Waals surface area contributed by atoms with Gasteiger partial charge in [0.15, 0.2) is 0 Å². The van der Waals surface area contributed by atoms with Gasteiger partial charge < -0.3 is 15.8 Å². The Morgan fingerprint density at radius 1 is 1.41 bits per heavy atom. The van der Waals surface area contributed by atoms with E-state index in [1.54, 1.807) is 7.11 Å². The SMILES string of the molecule is COc1ccc(Cl)cc1NCCCC(C)(C)N. The van der Waals surface area contributed by atoms with Crippen LogP contribution in [-0.4, -0.2) is 19.2 Å². The van der Waals surface area contributed by atoms with E-state index in [1.165, 1.54) is 0 Å². The Hall–Kier alpha value is -0.930. The molecule has 0 spiro atoms. The van der Waals surface area contributed by atoms with Gasteiger partial charge in [0.05, 0.1) is 12.8 Å². The zero-order chi connectivity index (χ0) is 12.9. The van der Waals surface area contributed by atoms with Crippen molar-refractivity contribution < 1.29 is 4.74 Å². The van der Waals surface area contributed by atoms with Crippen LogP contribution in [-0.2, 0) is 0 Å². The van der Waals surface area contributed by atoms with Crippen LogP contribution in [0.5, 0.6) is 5.75 Å². The first kappa shape index (κ1) is 14.1. The molecule has 0 unspecified atom stereocenters. The summed E-state index contributed by atoms with van der Waals surface area (Å²) < 4.78 is 5.25. The van der Waals surface area contributed by atoms with Crippen LogP contribution in [0.2, 0.25) is 5.02 Å². The highest BCUT2D eigenvalue weighted by molar-refractivity contribution is 6.30. The first-order valence-corrected chi connectivity index (χ1v) is 6.16. The van der Waals surface area contributed by atoms with Crippen molar-refractivity contribution in [1.82, 2.24) is 0 Å². The predicted octanol–water partition coefficient (Wildman–Crippen LogP) is 3.28. The van der Waals surface area contributed by atoms with Crippen LogP contribution < -0.4 is 15.8 Å². The molecule has 1 aromatic rings. The fourth-order valence-corrected chi connectivity index (χ4v) is 1.76. The molecule has 0 aliphatic rings. The predicted molar refractivity (Wildman–Crippen MR) is 74.0 cm³/mol. The fourth-order valence-electron chi connectivity index (χ4n) is 1.59. The summed E-state index contributed by atoms with van der Waals surface area (Å²) in [6.07, 6.45) is 1.99. The molecule has 0 bridgehead atoms. The summed E-state index contributed by atoms with van der Waals surface area (Å²) in [5, 5.41) is 4.01. The first-order valence-electron chi connectivity index (χ1n) is 5.79. The summed E-state index contributed by atoms with van der Waals surface area (Å²) in [5.41, 5.74) is 6.74. The van der Waals surface area contributed by atoms with Crippen molar-refractivity contribution in [2.24, 2.45) is 5.73 Å². The molecule has 17 heavy (non-hydrogen) atoms. The molecule has 0 radical (unpaired) electrons. The number of anilines is 1. The molecular weight excluding hydrogens is 236 g/mol. The second kappa shape index (κ2) is 6.12. The van der Waals surface area contributed by atoms with E-state index in [1.807, 2.05) is 32.0 Å². The zero-order valence-electron chi connectivity index (χ0n) is 10.7. The summed E-state index contributed by atoms with van der Waals surface area (Å²) in [6.45, 7) is 4.93. The van der Waals surface area contributed by atoms with Crippen LogP contribution in [0, 0.1) is 0 Å². The molecule has 3 nitrogen and oxygen atoms in total. The number of nitrogens with one attached hydrogen (secondary N) is 1. The van der Waals surface area contributed by atoms with Crippen LogP contribution in [0.25, 0.3) is 0 Å². The third-order valence-electron chi connectivity index (χ3n) is 2.47. The van der Waals surface area contributed by atoms with E-state index in [0.717, 1.165) is 30.8 Å². The quantitative estimate of drug-likeness (QED) is 0.768. The van der Waals surface area contributed by atoms with Gasteiger partial charge in [0.1, 0.15) is 5.75 Å². The number of halogens is 1. The molecule has 4 heteroatoms. The van der Waals surface area contributed by atoms with E-state index in [0.29, 0.717) is 5.02 Å². The second-order valence-electron chi connectivity index (χ2n) is 4.86. The van der Waals surface area contributed by atoms with Gasteiger partial charge in [-0.05, 0) is 44.9 Å². The van der Waals surface area contributed by atoms with Crippen LogP contribution >= 0.6 is 11.6 Å². The molecule has 1 rings (SSSR count). The van der Waals surface area contributed by atoms with Gasteiger partial charge in [0.25, 0.3) is 0 Å². The summed E-state index contributed by atoms with van der Waals surface area (Å²) in [5.74, 6) is 0.807. The van der Waals surface area contributed by atoms with Gasteiger partial charge >= 0.3 is 0 Å². The monoisotopic (exact) mass is 256 g/mol. The fraction of sp³-hybridized carbons (Fsp3) is 0.538. The number of benzene rings is 1. The van der Waals surface area contributed by atoms with Crippen molar-refractivity contribution in [3.63, 3.8) is 0 Å². The largest absolute Gasteiger partial charge is 0.495 e. The third kappa shape index (κ3) is 5.29. The molecule has 0 aromatic heterocycles. The smallest absolute Gasteiger partial charge is 0.142 e. The third-order valence-corrected chi connectivity index (χ3v) is 2.71. The normalized spacial score (nSPS) is 11.4. The molecule has 0 amide bonds. The second-order valence-corrected chi connectivity index (χ2v) is 5.30. The number of hydrogen-bond acceptors (Lipinski definition) is 3. The standard InChI is InChI=1S/C13H21ClN2O/c1-13(2,15)7-4-8-16-11-9-10(14)5-6-12(11)17-3/h5-6,9,16H,4,7-8,15H2,1-3H3. The molecule has 1 aromatic carbocycles. The van der Waals surface area contributed by atoms with Crippen LogP contribution in [0.3, 0.4) is 0 Å². The molecule has 0 aliphatic heterocycles. The van der Waals surface area contributed by atoms with Crippen LogP contribution in [0.15, 0.2) is 18.2 Å². The lowest BCUT2D eigenvalue weighted by molar-refractivity contribution is 0.416. The van der Waals surface area contributed by atoms with Crippen molar-refractivity contribution in [2.75, 3.05) is 19.0 Å². The Balaban J connectivity index is 2.48. The Kier molecular flexibility index (Phi) is 5.09. The lowest BCUT2D eigenvalue weighted by Crippen LogP contribution is -2.32. The van der Waals surface area contributed by atoms with Crippen molar-refractivity contribution in [2.45, 2.75) is 32.2 Å². The number of methoxy groups -OCH3 is 1. The average molecular weight is 257 g/mol. The summed E-state index contributed by atoms with van der Waals surface area (Å²) >= 11 is 5.94. The number of nitrogens with two attached hydrogens (primary N) is 1. The minimum absolute atomic E-state index is 0.111. The Morgan fingerprint density at radius 2 is 2.12 bits per heavy atom. The van der Waals surface area contributed by atoms with E-state index in [-0.39, 0.29) is 5.54 Å². The van der Waals surface area contributed by atoms with E-state index in [4.69, 9.17) is 22.1 Å². The van der Waals surface area contributed by atoms with Gasteiger partial charge in [-0.3, -0.25) is 0 Å². The number of rotatable bonds is 6. The molecule has 0 aliphatic carbocycles. The van der Waals surface area contributed by atoms with Crippen molar-refractivity contribution in [3.8, 4) is 5.75 Å². The maximum atomic E-state index is 5.94. The van der Waals surface area contributed by atoms with Crippen molar-refractivity contribution in [3.05, 3.63) is 23.2 Å². The van der Waals surface area contributed by atoms with Crippen molar-refractivity contribution >= 4 is 17.3 Å². The average Bonchev–Trinajstić information content (AvgIpc) is 2.23. The highest BCUT2D eigenvalue weighted by Gasteiger charge is 2.09. The van der Waals surface area contributed by atoms with Crippen LogP contribution in [0.4, 0.5) is 5.69 Å². The van der Waals surface area contributed by atoms with E-state index in [2.05, 4.69) is 5.32 Å². The zero-order valence-corrected chi connectivity index (χ0v) is 11.5. The van der Waals surface area contributed by atoms with Gasteiger partial charge in [-0.15, -0.1) is 0 Å². The Labute approximate surface area is 108 Å². The summed E-state index contributed by atoms with van der Waals surface area (Å²) in [7, 11) is 1.65. The highest BCUT2D eigenvalue weighted by Crippen LogP contribution is 2.27. The first-order chi connectivity index (χ1) is 7.92. The molecule has 0 heterocycles. The lowest BCUT2D eigenvalue weighted by atomic mass is 10.0. The topological polar surface area (TPSA) is 47.3 Å². The van der Waals surface area contributed by atoms with E-state index in [9.17, 15) is 0 Å². The minimum Gasteiger partial charge on any atom is -0.495 e. The molecule has 0 atom stereocenters. The molecule has 0 saturated heterocycles. The molecule has 96 valence electrons. The van der Waals surface area contributed by atoms with Gasteiger partial charge in [-0.2, -0.15) is 0 Å². The molecule has 0 fully saturated rings. The molecule has 0 saturated carbocycles. The maximum Gasteiger partial charge on any atom is 0.142 e. The van der Waals surface area contributed by atoms with Gasteiger partial charge in [0, 0.05) is 17.1 Å². The Bertz CT molecular complexity index is 361. The lowest BCUT2D eigenvalue weighted by Gasteiger charge is -2.18. The minimum atomic E-state index is -0.111. The molecule has 3 N–H and O–H groups in total. The maximum absolute atomic E-state index is 5.94. The van der Waals surface area contributed by atoms with Gasteiger partial charge in [0.2, 0.25) is 0 Å².